The van der Waals surface area contributed by atoms with Gasteiger partial charge in [0.25, 0.3) is 0 Å². The van der Waals surface area contributed by atoms with Gasteiger partial charge in [0.05, 0.1) is 4.21 Å². The molecule has 1 saturated heterocycles. The topological polar surface area (TPSA) is 60.9 Å². The molecule has 20 heavy (non-hydrogen) atoms. The zero-order valence-corrected chi connectivity index (χ0v) is 13.0. The Morgan fingerprint density at radius 2 is 2.30 bits per heavy atom. The lowest BCUT2D eigenvalue weighted by Crippen LogP contribution is -2.51. The minimum atomic E-state index is -0.884. The summed E-state index contributed by atoms with van der Waals surface area (Å²) in [6.07, 6.45) is 1.56. The van der Waals surface area contributed by atoms with Gasteiger partial charge in [-0.25, -0.2) is 9.80 Å². The van der Waals surface area contributed by atoms with Gasteiger partial charge < -0.3 is 5.11 Å². The predicted molar refractivity (Wildman–Crippen MR) is 80.2 cm³/mol. The third kappa shape index (κ3) is 3.74. The van der Waals surface area contributed by atoms with Crippen molar-refractivity contribution in [1.82, 2.24) is 10.0 Å². The highest BCUT2D eigenvalue weighted by atomic mass is 32.2. The van der Waals surface area contributed by atoms with Gasteiger partial charge in [0, 0.05) is 31.8 Å². The van der Waals surface area contributed by atoms with Crippen molar-refractivity contribution in [3.05, 3.63) is 17.0 Å². The predicted octanol–water partition coefficient (Wildman–Crippen LogP) is 2.40. The number of hydrogen-bond donors (Lipinski definition) is 1. The lowest BCUT2D eigenvalue weighted by atomic mass is 10.2. The van der Waals surface area contributed by atoms with Crippen molar-refractivity contribution in [2.45, 2.75) is 24.0 Å². The van der Waals surface area contributed by atoms with E-state index in [9.17, 15) is 9.59 Å². The van der Waals surface area contributed by atoms with Gasteiger partial charge in [-0.2, -0.15) is 0 Å². The molecule has 0 saturated carbocycles. The van der Waals surface area contributed by atoms with Gasteiger partial charge in [-0.1, -0.05) is 6.92 Å². The van der Waals surface area contributed by atoms with E-state index >= 15 is 0 Å². The quantitative estimate of drug-likeness (QED) is 0.817. The highest BCUT2D eigenvalue weighted by molar-refractivity contribution is 8.01. The minimum absolute atomic E-state index is 0.191. The van der Waals surface area contributed by atoms with Crippen LogP contribution >= 0.6 is 23.1 Å². The molecule has 1 N–H and O–H groups in total. The summed E-state index contributed by atoms with van der Waals surface area (Å²) in [6.45, 7) is 4.52. The van der Waals surface area contributed by atoms with Crippen LogP contribution in [0.4, 0.5) is 0 Å². The normalized spacial score (nSPS) is 16.6. The van der Waals surface area contributed by atoms with Crippen LogP contribution in [0.2, 0.25) is 0 Å². The van der Waals surface area contributed by atoms with Crippen molar-refractivity contribution in [2.24, 2.45) is 0 Å². The number of thioether (sulfide) groups is 1. The van der Waals surface area contributed by atoms with E-state index in [1.54, 1.807) is 17.8 Å². The highest BCUT2D eigenvalue weighted by Crippen LogP contribution is 2.27. The van der Waals surface area contributed by atoms with E-state index in [0.717, 1.165) is 29.5 Å². The Balaban J connectivity index is 1.84. The number of thiophene rings is 1. The van der Waals surface area contributed by atoms with E-state index in [1.165, 1.54) is 11.3 Å². The van der Waals surface area contributed by atoms with Gasteiger partial charge in [0.15, 0.2) is 0 Å². The minimum Gasteiger partial charge on any atom is -0.477 e. The molecule has 0 atom stereocenters. The van der Waals surface area contributed by atoms with Crippen molar-refractivity contribution in [3.8, 4) is 0 Å². The number of rotatable bonds is 6. The summed E-state index contributed by atoms with van der Waals surface area (Å²) in [4.78, 5) is 23.1. The van der Waals surface area contributed by atoms with E-state index in [1.807, 2.05) is 11.1 Å². The second kappa shape index (κ2) is 7.10. The maximum atomic E-state index is 11.9. The molecule has 5 nitrogen and oxygen atoms in total. The Labute approximate surface area is 126 Å². The molecule has 0 unspecified atom stereocenters. The lowest BCUT2D eigenvalue weighted by Gasteiger charge is -2.37. The van der Waals surface area contributed by atoms with E-state index in [2.05, 4.69) is 11.9 Å². The Morgan fingerprint density at radius 1 is 1.50 bits per heavy atom. The molecule has 1 aliphatic rings. The Morgan fingerprint density at radius 3 is 2.95 bits per heavy atom. The summed E-state index contributed by atoms with van der Waals surface area (Å²) in [5.41, 5.74) is 0. The number of carboxylic acids is 1. The van der Waals surface area contributed by atoms with Gasteiger partial charge in [-0.3, -0.25) is 9.80 Å². The number of nitrogens with zero attached hydrogens (tertiary/aromatic N) is 2. The Bertz CT molecular complexity index is 490. The summed E-state index contributed by atoms with van der Waals surface area (Å²) < 4.78 is 0.981. The van der Waals surface area contributed by atoms with Gasteiger partial charge in [-0.15, -0.1) is 23.1 Å². The van der Waals surface area contributed by atoms with Gasteiger partial charge >= 0.3 is 5.97 Å². The number of hydrazine groups is 1. The fourth-order valence-corrected chi connectivity index (χ4v) is 4.12. The molecule has 1 aromatic rings. The first-order valence-electron chi connectivity index (χ1n) is 6.63. The molecule has 1 aliphatic heterocycles. The summed E-state index contributed by atoms with van der Waals surface area (Å²) in [6, 6.07) is 3.45. The molecule has 1 fully saturated rings. The van der Waals surface area contributed by atoms with E-state index in [-0.39, 0.29) is 5.91 Å². The maximum absolute atomic E-state index is 11.9. The molecular weight excluding hydrogens is 296 g/mol. The van der Waals surface area contributed by atoms with Crippen molar-refractivity contribution >= 4 is 35.0 Å². The fraction of sp³-hybridized carbons (Fsp3) is 0.538. The molecule has 2 rings (SSSR count). The number of carbonyl (C=O) groups excluding carboxylic acids is 1. The van der Waals surface area contributed by atoms with Gasteiger partial charge in [-0.05, 0) is 18.6 Å². The molecule has 0 bridgehead atoms. The smallest absolute Gasteiger partial charge is 0.345 e. The van der Waals surface area contributed by atoms with Crippen LogP contribution in [0.1, 0.15) is 29.4 Å². The number of aromatic carboxylic acids is 1. The van der Waals surface area contributed by atoms with Crippen LogP contribution in [0, 0.1) is 0 Å². The SMILES string of the molecule is CCN1CCCC(=O)N1CCSc1ccc(C(=O)O)s1. The highest BCUT2D eigenvalue weighted by Gasteiger charge is 2.24. The van der Waals surface area contributed by atoms with Crippen LogP contribution in [-0.4, -0.2) is 52.4 Å². The molecule has 0 aromatic carbocycles. The molecule has 2 heterocycles. The number of carbonyl (C=O) groups is 2. The Kier molecular flexibility index (Phi) is 5.45. The molecule has 1 aromatic heterocycles. The van der Waals surface area contributed by atoms with Crippen LogP contribution in [0.3, 0.4) is 0 Å². The summed E-state index contributed by atoms with van der Waals surface area (Å²) in [5.74, 6) is 0.0864. The second-order valence-corrected chi connectivity index (χ2v) is 6.92. The first-order chi connectivity index (χ1) is 9.61. The zero-order valence-electron chi connectivity index (χ0n) is 11.4. The first kappa shape index (κ1) is 15.3. The third-order valence-corrected chi connectivity index (χ3v) is 5.42. The lowest BCUT2D eigenvalue weighted by molar-refractivity contribution is -0.154. The number of hydrogen-bond acceptors (Lipinski definition) is 5. The van der Waals surface area contributed by atoms with Crippen LogP contribution < -0.4 is 0 Å². The van der Waals surface area contributed by atoms with E-state index in [4.69, 9.17) is 5.11 Å². The largest absolute Gasteiger partial charge is 0.477 e. The summed E-state index contributed by atoms with van der Waals surface area (Å²) >= 11 is 2.88. The zero-order chi connectivity index (χ0) is 14.5. The standard InChI is InChI=1S/C13H18N2O3S2/c1-2-14-7-3-4-11(16)15(14)8-9-19-12-6-5-10(20-12)13(17)18/h5-6H,2-4,7-9H2,1H3,(H,17,18). The van der Waals surface area contributed by atoms with Crippen molar-refractivity contribution in [3.63, 3.8) is 0 Å². The second-order valence-electron chi connectivity index (χ2n) is 4.44. The molecule has 7 heteroatoms. The Hall–Kier alpha value is -1.05. The van der Waals surface area contributed by atoms with Crippen LogP contribution in [0.15, 0.2) is 16.3 Å². The van der Waals surface area contributed by atoms with Gasteiger partial charge in [0.1, 0.15) is 4.88 Å². The summed E-state index contributed by atoms with van der Waals surface area (Å²) in [5, 5.41) is 12.8. The van der Waals surface area contributed by atoms with Gasteiger partial charge in [0.2, 0.25) is 5.91 Å². The molecule has 1 amide bonds. The fourth-order valence-electron chi connectivity index (χ4n) is 2.16. The molecule has 0 aliphatic carbocycles. The summed E-state index contributed by atoms with van der Waals surface area (Å²) in [7, 11) is 0. The average molecular weight is 314 g/mol. The van der Waals surface area contributed by atoms with Crippen LogP contribution in [0.5, 0.6) is 0 Å². The maximum Gasteiger partial charge on any atom is 0.345 e. The molecule has 110 valence electrons. The third-order valence-electron chi connectivity index (χ3n) is 3.14. The molecular formula is C13H18N2O3S2. The first-order valence-corrected chi connectivity index (χ1v) is 8.43. The van der Waals surface area contributed by atoms with Crippen LogP contribution in [-0.2, 0) is 4.79 Å². The monoisotopic (exact) mass is 314 g/mol. The van der Waals surface area contributed by atoms with Crippen molar-refractivity contribution in [1.29, 1.82) is 0 Å². The van der Waals surface area contributed by atoms with E-state index in [0.29, 0.717) is 17.8 Å². The van der Waals surface area contributed by atoms with Crippen molar-refractivity contribution < 1.29 is 14.7 Å². The molecule has 0 spiro atoms. The number of amides is 1. The van der Waals surface area contributed by atoms with E-state index < -0.39 is 5.97 Å². The average Bonchev–Trinajstić information content (AvgIpc) is 2.89. The molecule has 0 radical (unpaired) electrons. The number of carboxylic acid groups (broad SMARTS) is 1. The van der Waals surface area contributed by atoms with Crippen molar-refractivity contribution in [2.75, 3.05) is 25.4 Å². The van der Waals surface area contributed by atoms with Crippen LogP contribution in [0.25, 0.3) is 0 Å².